The van der Waals surface area contributed by atoms with Crippen LogP contribution in [0, 0.1) is 0 Å². The highest BCUT2D eigenvalue weighted by atomic mass is 16.5. The highest BCUT2D eigenvalue weighted by molar-refractivity contribution is 5.92. The number of carbonyl (C=O) groups is 1. The quantitative estimate of drug-likeness (QED) is 0.718. The summed E-state index contributed by atoms with van der Waals surface area (Å²) >= 11 is 0. The van der Waals surface area contributed by atoms with E-state index in [1.165, 1.54) is 7.11 Å². The number of para-hydroxylation sites is 2. The van der Waals surface area contributed by atoms with Crippen molar-refractivity contribution in [3.8, 4) is 5.75 Å². The van der Waals surface area contributed by atoms with Crippen LogP contribution in [0.4, 0.5) is 11.4 Å². The lowest BCUT2D eigenvalue weighted by molar-refractivity contribution is -0.116. The topological polar surface area (TPSA) is 119 Å². The minimum Gasteiger partial charge on any atom is -0.495 e. The van der Waals surface area contributed by atoms with Gasteiger partial charge in [-0.3, -0.25) is 19.1 Å². The Kier molecular flexibility index (Phi) is 4.07. The van der Waals surface area contributed by atoms with Crippen LogP contribution in [-0.4, -0.2) is 22.6 Å². The van der Waals surface area contributed by atoms with Crippen LogP contribution >= 0.6 is 0 Å². The lowest BCUT2D eigenvalue weighted by Crippen LogP contribution is -2.34. The molecule has 8 nitrogen and oxygen atoms in total. The molecule has 2 aromatic rings. The summed E-state index contributed by atoms with van der Waals surface area (Å²) < 4.78 is 6.12. The predicted molar refractivity (Wildman–Crippen MR) is 77.4 cm³/mol. The fourth-order valence-corrected chi connectivity index (χ4v) is 1.74. The van der Waals surface area contributed by atoms with Crippen LogP contribution in [0.2, 0.25) is 0 Å². The Hall–Kier alpha value is -3.03. The molecule has 21 heavy (non-hydrogen) atoms. The second-order valence-electron chi connectivity index (χ2n) is 4.22. The highest BCUT2D eigenvalue weighted by Crippen LogP contribution is 2.22. The Morgan fingerprint density at radius 1 is 1.38 bits per heavy atom. The molecule has 1 aromatic heterocycles. The first-order valence-electron chi connectivity index (χ1n) is 6.03. The van der Waals surface area contributed by atoms with Gasteiger partial charge in [0.05, 0.1) is 12.8 Å². The first-order chi connectivity index (χ1) is 10.0. The number of amides is 1. The SMILES string of the molecule is COc1ccccc1NC(=O)Cn1cc(N)c(=O)[nH]c1=O. The van der Waals surface area contributed by atoms with Crippen LogP contribution in [0.1, 0.15) is 0 Å². The van der Waals surface area contributed by atoms with Crippen LogP contribution in [0.5, 0.6) is 5.75 Å². The first kappa shape index (κ1) is 14.4. The van der Waals surface area contributed by atoms with Crippen LogP contribution < -0.4 is 27.0 Å². The van der Waals surface area contributed by atoms with Crippen molar-refractivity contribution in [2.24, 2.45) is 0 Å². The van der Waals surface area contributed by atoms with Crippen molar-refractivity contribution in [1.29, 1.82) is 0 Å². The molecule has 1 amide bonds. The molecule has 1 aromatic carbocycles. The second-order valence-corrected chi connectivity index (χ2v) is 4.22. The molecule has 110 valence electrons. The number of carbonyl (C=O) groups excluding carboxylic acids is 1. The maximum Gasteiger partial charge on any atom is 0.328 e. The number of hydrogen-bond donors (Lipinski definition) is 3. The minimum absolute atomic E-state index is 0.139. The molecule has 0 aliphatic carbocycles. The number of ether oxygens (including phenoxy) is 1. The molecular formula is C13H14N4O4. The zero-order valence-electron chi connectivity index (χ0n) is 11.3. The molecule has 0 saturated carbocycles. The molecule has 8 heteroatoms. The van der Waals surface area contributed by atoms with Gasteiger partial charge in [0.15, 0.2) is 0 Å². The van der Waals surface area contributed by atoms with E-state index in [-0.39, 0.29) is 12.2 Å². The van der Waals surface area contributed by atoms with Crippen LogP contribution in [0.25, 0.3) is 0 Å². The first-order valence-corrected chi connectivity index (χ1v) is 6.03. The standard InChI is InChI=1S/C13H14N4O4/c1-21-10-5-3-2-4-9(10)15-11(18)7-17-6-8(14)12(19)16-13(17)20/h2-6H,7,14H2,1H3,(H,15,18)(H,16,19,20). The molecule has 0 aliphatic heterocycles. The van der Waals surface area contributed by atoms with Crippen molar-refractivity contribution in [2.75, 3.05) is 18.2 Å². The number of rotatable bonds is 4. The summed E-state index contributed by atoms with van der Waals surface area (Å²) in [6.45, 7) is -0.280. The van der Waals surface area contributed by atoms with Gasteiger partial charge in [-0.05, 0) is 12.1 Å². The maximum atomic E-state index is 11.9. The third-order valence-electron chi connectivity index (χ3n) is 2.73. The lowest BCUT2D eigenvalue weighted by atomic mass is 10.3. The van der Waals surface area contributed by atoms with Gasteiger partial charge in [0.1, 0.15) is 18.0 Å². The third kappa shape index (κ3) is 3.30. The zero-order chi connectivity index (χ0) is 15.4. The van der Waals surface area contributed by atoms with Crippen molar-refractivity contribution in [3.63, 3.8) is 0 Å². The number of nitrogens with zero attached hydrogens (tertiary/aromatic N) is 1. The smallest absolute Gasteiger partial charge is 0.328 e. The fraction of sp³-hybridized carbons (Fsp3) is 0.154. The van der Waals surface area contributed by atoms with Crippen molar-refractivity contribution in [3.05, 3.63) is 51.3 Å². The molecule has 0 spiro atoms. The third-order valence-corrected chi connectivity index (χ3v) is 2.73. The van der Waals surface area contributed by atoms with E-state index >= 15 is 0 Å². The fourth-order valence-electron chi connectivity index (χ4n) is 1.74. The van der Waals surface area contributed by atoms with Gasteiger partial charge in [0, 0.05) is 6.20 Å². The Morgan fingerprint density at radius 2 is 2.10 bits per heavy atom. The molecule has 0 unspecified atom stereocenters. The number of anilines is 2. The van der Waals surface area contributed by atoms with E-state index in [2.05, 4.69) is 5.32 Å². The Morgan fingerprint density at radius 3 is 2.81 bits per heavy atom. The number of H-pyrrole nitrogens is 1. The predicted octanol–water partition coefficient (Wildman–Crippen LogP) is -0.234. The normalized spacial score (nSPS) is 10.1. The van der Waals surface area contributed by atoms with E-state index in [9.17, 15) is 14.4 Å². The Labute approximate surface area is 119 Å². The van der Waals surface area contributed by atoms with Gasteiger partial charge >= 0.3 is 5.69 Å². The summed E-state index contributed by atoms with van der Waals surface area (Å²) in [5.74, 6) is 0.0484. The van der Waals surface area contributed by atoms with Gasteiger partial charge in [-0.25, -0.2) is 4.79 Å². The molecule has 0 aliphatic rings. The van der Waals surface area contributed by atoms with Gasteiger partial charge in [-0.1, -0.05) is 12.1 Å². The zero-order valence-corrected chi connectivity index (χ0v) is 11.3. The van der Waals surface area contributed by atoms with Crippen LogP contribution in [0.3, 0.4) is 0 Å². The second kappa shape index (κ2) is 5.95. The number of nitrogens with two attached hydrogens (primary N) is 1. The summed E-state index contributed by atoms with van der Waals surface area (Å²) in [6, 6.07) is 6.87. The van der Waals surface area contributed by atoms with Gasteiger partial charge in [-0.15, -0.1) is 0 Å². The molecule has 1 heterocycles. The van der Waals surface area contributed by atoms with Crippen LogP contribution in [0.15, 0.2) is 40.1 Å². The molecule has 0 radical (unpaired) electrons. The molecular weight excluding hydrogens is 276 g/mol. The number of hydrogen-bond acceptors (Lipinski definition) is 5. The molecule has 0 saturated heterocycles. The number of methoxy groups -OCH3 is 1. The summed E-state index contributed by atoms with van der Waals surface area (Å²) in [4.78, 5) is 36.7. The van der Waals surface area contributed by atoms with E-state index in [4.69, 9.17) is 10.5 Å². The van der Waals surface area contributed by atoms with Gasteiger partial charge in [0.25, 0.3) is 5.56 Å². The number of nitrogens with one attached hydrogen (secondary N) is 2. The van der Waals surface area contributed by atoms with Crippen molar-refractivity contribution >= 4 is 17.3 Å². The molecule has 0 atom stereocenters. The highest BCUT2D eigenvalue weighted by Gasteiger charge is 2.09. The number of aromatic nitrogens is 2. The maximum absolute atomic E-state index is 11.9. The number of benzene rings is 1. The van der Waals surface area contributed by atoms with Gasteiger partial charge in [0.2, 0.25) is 5.91 Å². The number of nitrogen functional groups attached to an aromatic ring is 1. The van der Waals surface area contributed by atoms with Crippen molar-refractivity contribution in [2.45, 2.75) is 6.54 Å². The van der Waals surface area contributed by atoms with E-state index in [1.807, 2.05) is 4.98 Å². The summed E-state index contributed by atoms with van der Waals surface area (Å²) in [5, 5.41) is 2.61. The minimum atomic E-state index is -0.704. The molecule has 0 bridgehead atoms. The van der Waals surface area contributed by atoms with Gasteiger partial charge in [-0.2, -0.15) is 0 Å². The Balaban J connectivity index is 2.17. The molecule has 2 rings (SSSR count). The van der Waals surface area contributed by atoms with E-state index < -0.39 is 17.2 Å². The van der Waals surface area contributed by atoms with Crippen LogP contribution in [-0.2, 0) is 11.3 Å². The van der Waals surface area contributed by atoms with E-state index in [0.717, 1.165) is 10.8 Å². The van der Waals surface area contributed by atoms with E-state index in [1.54, 1.807) is 24.3 Å². The summed E-state index contributed by atoms with van der Waals surface area (Å²) in [5.41, 5.74) is 4.37. The van der Waals surface area contributed by atoms with Gasteiger partial charge < -0.3 is 15.8 Å². The summed E-state index contributed by atoms with van der Waals surface area (Å²) in [6.07, 6.45) is 1.13. The van der Waals surface area contributed by atoms with E-state index in [0.29, 0.717) is 11.4 Å². The monoisotopic (exact) mass is 290 g/mol. The summed E-state index contributed by atoms with van der Waals surface area (Å²) in [7, 11) is 1.48. The average molecular weight is 290 g/mol. The largest absolute Gasteiger partial charge is 0.495 e. The lowest BCUT2D eigenvalue weighted by Gasteiger charge is -2.10. The Bertz CT molecular complexity index is 778. The molecule has 4 N–H and O–H groups in total. The average Bonchev–Trinajstić information content (AvgIpc) is 2.45. The number of aromatic amines is 1. The van der Waals surface area contributed by atoms with Crippen molar-refractivity contribution < 1.29 is 9.53 Å². The van der Waals surface area contributed by atoms with Crippen molar-refractivity contribution in [1.82, 2.24) is 9.55 Å². The molecule has 0 fully saturated rings.